The van der Waals surface area contributed by atoms with E-state index < -0.39 is 18.0 Å². The Bertz CT molecular complexity index is 926. The van der Waals surface area contributed by atoms with Crippen molar-refractivity contribution >= 4 is 34.9 Å². The highest BCUT2D eigenvalue weighted by Crippen LogP contribution is 2.16. The number of Topliss-reactive ketones (excluding diaryl/α,β-unsaturated/α-hetero) is 1. The lowest BCUT2D eigenvalue weighted by atomic mass is 10.1. The van der Waals surface area contributed by atoms with Crippen molar-refractivity contribution in [2.75, 3.05) is 30.9 Å². The van der Waals surface area contributed by atoms with Crippen LogP contribution in [0.3, 0.4) is 0 Å². The van der Waals surface area contributed by atoms with Gasteiger partial charge in [0.05, 0.1) is 6.42 Å². The first-order chi connectivity index (χ1) is 15.3. The third-order valence-electron chi connectivity index (χ3n) is 4.65. The van der Waals surface area contributed by atoms with Crippen molar-refractivity contribution in [2.24, 2.45) is 0 Å². The molecule has 0 saturated heterocycles. The molecule has 0 aliphatic rings. The number of carbonyl (C=O) groups is 4. The summed E-state index contributed by atoms with van der Waals surface area (Å²) in [6.45, 7) is 1.55. The average molecular weight is 440 g/mol. The highest BCUT2D eigenvalue weighted by Gasteiger charge is 2.18. The van der Waals surface area contributed by atoms with E-state index in [4.69, 9.17) is 4.74 Å². The normalized spacial score (nSPS) is 11.2. The van der Waals surface area contributed by atoms with Gasteiger partial charge in [0, 0.05) is 50.4 Å². The molecule has 0 aliphatic carbocycles. The number of nitrogens with zero attached hydrogens (tertiary/aromatic N) is 1. The summed E-state index contributed by atoms with van der Waals surface area (Å²) in [6.07, 6.45) is -0.926. The summed E-state index contributed by atoms with van der Waals surface area (Å²) in [7, 11) is 3.84. The van der Waals surface area contributed by atoms with Gasteiger partial charge in [-0.1, -0.05) is 30.3 Å². The maximum absolute atomic E-state index is 12.2. The van der Waals surface area contributed by atoms with Crippen LogP contribution in [-0.4, -0.2) is 50.3 Å². The fraction of sp³-hybridized carbons (Fsp3) is 0.333. The molecule has 8 nitrogen and oxygen atoms in total. The Morgan fingerprint density at radius 2 is 1.56 bits per heavy atom. The van der Waals surface area contributed by atoms with Gasteiger partial charge in [0.15, 0.2) is 11.9 Å². The molecule has 170 valence electrons. The second kappa shape index (κ2) is 12.2. The Kier molecular flexibility index (Phi) is 9.41. The highest BCUT2D eigenvalue weighted by atomic mass is 16.5. The molecular formula is C24H29N3O5. The van der Waals surface area contributed by atoms with Crippen molar-refractivity contribution in [3.63, 3.8) is 0 Å². The van der Waals surface area contributed by atoms with Gasteiger partial charge in [-0.3, -0.25) is 19.2 Å². The molecule has 1 atom stereocenters. The molecule has 0 bridgehead atoms. The first-order valence-corrected chi connectivity index (χ1v) is 10.4. The Morgan fingerprint density at radius 1 is 0.906 bits per heavy atom. The lowest BCUT2D eigenvalue weighted by molar-refractivity contribution is -0.153. The number of ketones is 1. The van der Waals surface area contributed by atoms with E-state index in [1.54, 1.807) is 36.4 Å². The summed E-state index contributed by atoms with van der Waals surface area (Å²) in [6, 6.07) is 16.0. The molecule has 8 heteroatoms. The number of amides is 2. The Balaban J connectivity index is 1.65. The summed E-state index contributed by atoms with van der Waals surface area (Å²) >= 11 is 0. The molecule has 0 fully saturated rings. The van der Waals surface area contributed by atoms with Crippen LogP contribution in [0, 0.1) is 0 Å². The molecule has 0 radical (unpaired) electrons. The van der Waals surface area contributed by atoms with Gasteiger partial charge in [-0.25, -0.2) is 0 Å². The number of hydrogen-bond acceptors (Lipinski definition) is 6. The van der Waals surface area contributed by atoms with Crippen LogP contribution in [0.2, 0.25) is 0 Å². The second-order valence-electron chi connectivity index (χ2n) is 7.45. The maximum Gasteiger partial charge on any atom is 0.308 e. The molecule has 2 aromatic carbocycles. The number of carbonyl (C=O) groups excluding carboxylic acids is 4. The first-order valence-electron chi connectivity index (χ1n) is 10.4. The third-order valence-corrected chi connectivity index (χ3v) is 4.65. The molecule has 32 heavy (non-hydrogen) atoms. The number of ether oxygens (including phenoxy) is 1. The number of anilines is 2. The zero-order chi connectivity index (χ0) is 23.5. The number of rotatable bonds is 11. The van der Waals surface area contributed by atoms with E-state index in [2.05, 4.69) is 10.6 Å². The molecule has 0 heterocycles. The van der Waals surface area contributed by atoms with Crippen molar-refractivity contribution in [2.45, 2.75) is 32.3 Å². The lowest BCUT2D eigenvalue weighted by Gasteiger charge is -2.15. The van der Waals surface area contributed by atoms with E-state index in [1.807, 2.05) is 37.2 Å². The van der Waals surface area contributed by atoms with Crippen molar-refractivity contribution < 1.29 is 23.9 Å². The Morgan fingerprint density at radius 3 is 2.19 bits per heavy atom. The van der Waals surface area contributed by atoms with E-state index in [-0.39, 0.29) is 37.5 Å². The average Bonchev–Trinajstić information content (AvgIpc) is 2.78. The quantitative estimate of drug-likeness (QED) is 0.412. The molecule has 2 aromatic rings. The van der Waals surface area contributed by atoms with Crippen LogP contribution in [0.1, 0.15) is 36.5 Å². The SMILES string of the molecule is C[C@@H](OC(=O)CCNC(=O)CCC(=O)c1ccccc1)C(=O)Nc1ccc(N(C)C)cc1. The third kappa shape index (κ3) is 8.22. The van der Waals surface area contributed by atoms with Crippen LogP contribution in [-0.2, 0) is 19.1 Å². The standard InChI is InChI=1S/C24H29N3O5/c1-17(24(31)26-19-9-11-20(12-10-19)27(2)3)32-23(30)15-16-25-22(29)14-13-21(28)18-7-5-4-6-8-18/h4-12,17H,13-16H2,1-3H3,(H,25,29)(H,26,31)/t17-/m1/s1. The van der Waals surface area contributed by atoms with Gasteiger partial charge in [0.1, 0.15) is 0 Å². The molecule has 0 unspecified atom stereocenters. The van der Waals surface area contributed by atoms with Crippen molar-refractivity contribution in [1.29, 1.82) is 0 Å². The lowest BCUT2D eigenvalue weighted by Crippen LogP contribution is -2.32. The van der Waals surface area contributed by atoms with Crippen LogP contribution >= 0.6 is 0 Å². The highest BCUT2D eigenvalue weighted by molar-refractivity contribution is 5.98. The minimum Gasteiger partial charge on any atom is -0.452 e. The topological polar surface area (TPSA) is 105 Å². The second-order valence-corrected chi connectivity index (χ2v) is 7.45. The molecule has 2 amide bonds. The predicted molar refractivity (Wildman–Crippen MR) is 123 cm³/mol. The summed E-state index contributed by atoms with van der Waals surface area (Å²) in [5.41, 5.74) is 2.15. The van der Waals surface area contributed by atoms with Gasteiger partial charge >= 0.3 is 5.97 Å². The van der Waals surface area contributed by atoms with Gasteiger partial charge < -0.3 is 20.3 Å². The fourth-order valence-corrected chi connectivity index (χ4v) is 2.78. The van der Waals surface area contributed by atoms with Crippen LogP contribution in [0.15, 0.2) is 54.6 Å². The van der Waals surface area contributed by atoms with Gasteiger partial charge in [-0.05, 0) is 31.2 Å². The zero-order valence-corrected chi connectivity index (χ0v) is 18.6. The minimum atomic E-state index is -0.977. The van der Waals surface area contributed by atoms with Crippen LogP contribution in [0.4, 0.5) is 11.4 Å². The first kappa shape index (κ1) is 24.6. The Labute approximate surface area is 187 Å². The maximum atomic E-state index is 12.2. The molecule has 0 spiro atoms. The fourth-order valence-electron chi connectivity index (χ4n) is 2.78. The van der Waals surface area contributed by atoms with E-state index in [9.17, 15) is 19.2 Å². The molecule has 2 rings (SSSR count). The molecule has 0 aromatic heterocycles. The largest absolute Gasteiger partial charge is 0.452 e. The van der Waals surface area contributed by atoms with Crippen LogP contribution in [0.25, 0.3) is 0 Å². The van der Waals surface area contributed by atoms with Gasteiger partial charge in [-0.15, -0.1) is 0 Å². The molecule has 2 N–H and O–H groups in total. The summed E-state index contributed by atoms with van der Waals surface area (Å²) < 4.78 is 5.12. The van der Waals surface area contributed by atoms with E-state index in [0.717, 1.165) is 5.69 Å². The minimum absolute atomic E-state index is 0.0359. The number of hydrogen-bond donors (Lipinski definition) is 2. The van der Waals surface area contributed by atoms with Crippen molar-refractivity contribution in [3.05, 3.63) is 60.2 Å². The van der Waals surface area contributed by atoms with E-state index in [1.165, 1.54) is 6.92 Å². The van der Waals surface area contributed by atoms with Crippen molar-refractivity contribution in [3.8, 4) is 0 Å². The predicted octanol–water partition coefficient (Wildman–Crippen LogP) is 2.79. The molecular weight excluding hydrogens is 410 g/mol. The Hall–Kier alpha value is -3.68. The van der Waals surface area contributed by atoms with E-state index >= 15 is 0 Å². The number of benzene rings is 2. The van der Waals surface area contributed by atoms with Gasteiger partial charge in [-0.2, -0.15) is 0 Å². The van der Waals surface area contributed by atoms with Crippen LogP contribution in [0.5, 0.6) is 0 Å². The van der Waals surface area contributed by atoms with Crippen molar-refractivity contribution in [1.82, 2.24) is 5.32 Å². The van der Waals surface area contributed by atoms with Crippen LogP contribution < -0.4 is 15.5 Å². The van der Waals surface area contributed by atoms with Gasteiger partial charge in [0.2, 0.25) is 5.91 Å². The van der Waals surface area contributed by atoms with Gasteiger partial charge in [0.25, 0.3) is 5.91 Å². The molecule has 0 aliphatic heterocycles. The molecule has 0 saturated carbocycles. The number of nitrogens with one attached hydrogen (secondary N) is 2. The van der Waals surface area contributed by atoms with E-state index in [0.29, 0.717) is 11.3 Å². The number of esters is 1. The smallest absolute Gasteiger partial charge is 0.308 e. The summed E-state index contributed by atoms with van der Waals surface area (Å²) in [4.78, 5) is 50.0. The summed E-state index contributed by atoms with van der Waals surface area (Å²) in [5.74, 6) is -1.49. The monoisotopic (exact) mass is 439 g/mol. The zero-order valence-electron chi connectivity index (χ0n) is 18.6. The summed E-state index contributed by atoms with van der Waals surface area (Å²) in [5, 5.41) is 5.27.